The van der Waals surface area contributed by atoms with E-state index in [9.17, 15) is 4.79 Å². The van der Waals surface area contributed by atoms with Crippen molar-refractivity contribution in [2.45, 2.75) is 112 Å². The normalized spacial score (nSPS) is 40.4. The van der Waals surface area contributed by atoms with Crippen LogP contribution in [0.5, 0.6) is 0 Å². The molecule has 0 bridgehead atoms. The Labute approximate surface area is 191 Å². The van der Waals surface area contributed by atoms with Crippen molar-refractivity contribution in [3.8, 4) is 0 Å². The first-order chi connectivity index (χ1) is 14.6. The van der Waals surface area contributed by atoms with Crippen molar-refractivity contribution in [3.05, 3.63) is 23.3 Å². The third-order valence-electron chi connectivity index (χ3n) is 10.1. The lowest BCUT2D eigenvalue weighted by atomic mass is 9.50. The molecule has 3 saturated carbocycles. The highest BCUT2D eigenvalue weighted by Crippen LogP contribution is 2.66. The Morgan fingerprint density at radius 2 is 1.81 bits per heavy atom. The number of esters is 1. The lowest BCUT2D eigenvalue weighted by Crippen LogP contribution is -2.46. The van der Waals surface area contributed by atoms with E-state index in [0.717, 1.165) is 42.9 Å². The SMILES string of the molecule is CC(=O)OC1CC[C@@]2(C)C(=CC=C3C4CCC(C(C)CCCC(C)C)[C@@]4(C)CCC32)C1. The van der Waals surface area contributed by atoms with Crippen LogP contribution >= 0.6 is 0 Å². The highest BCUT2D eigenvalue weighted by Gasteiger charge is 2.57. The van der Waals surface area contributed by atoms with E-state index in [0.29, 0.717) is 11.3 Å². The van der Waals surface area contributed by atoms with Crippen LogP contribution in [-0.2, 0) is 9.53 Å². The number of fused-ring (bicyclic) bond motifs is 5. The third kappa shape index (κ3) is 4.18. The molecule has 0 aliphatic heterocycles. The Hall–Kier alpha value is -1.05. The van der Waals surface area contributed by atoms with Crippen LogP contribution in [0.25, 0.3) is 0 Å². The zero-order valence-corrected chi connectivity index (χ0v) is 21.0. The van der Waals surface area contributed by atoms with Crippen molar-refractivity contribution in [2.24, 2.45) is 40.4 Å². The van der Waals surface area contributed by atoms with Crippen LogP contribution in [0.1, 0.15) is 106 Å². The molecule has 31 heavy (non-hydrogen) atoms. The van der Waals surface area contributed by atoms with E-state index < -0.39 is 0 Å². The van der Waals surface area contributed by atoms with Crippen molar-refractivity contribution >= 4 is 5.97 Å². The first-order valence-electron chi connectivity index (χ1n) is 13.2. The summed E-state index contributed by atoms with van der Waals surface area (Å²) in [5.41, 5.74) is 4.10. The molecule has 7 atom stereocenters. The average Bonchev–Trinajstić information content (AvgIpc) is 3.05. The highest BCUT2D eigenvalue weighted by atomic mass is 16.5. The molecule has 4 aliphatic rings. The molecular formula is C29H46O2. The monoisotopic (exact) mass is 426 g/mol. The number of ether oxygens (including phenoxy) is 1. The summed E-state index contributed by atoms with van der Waals surface area (Å²) in [6.45, 7) is 14.0. The van der Waals surface area contributed by atoms with E-state index in [2.05, 4.69) is 46.8 Å². The fourth-order valence-corrected chi connectivity index (χ4v) is 8.33. The molecule has 2 heteroatoms. The smallest absolute Gasteiger partial charge is 0.302 e. The first-order valence-corrected chi connectivity index (χ1v) is 13.2. The highest BCUT2D eigenvalue weighted by molar-refractivity contribution is 5.66. The zero-order valence-electron chi connectivity index (χ0n) is 21.0. The van der Waals surface area contributed by atoms with Gasteiger partial charge in [0.2, 0.25) is 0 Å². The molecule has 2 nitrogen and oxygen atoms in total. The molecular weight excluding hydrogens is 380 g/mol. The molecule has 174 valence electrons. The maximum absolute atomic E-state index is 11.5. The molecule has 4 aliphatic carbocycles. The van der Waals surface area contributed by atoms with Gasteiger partial charge in [-0.25, -0.2) is 0 Å². The molecule has 0 N–H and O–H groups in total. The standard InChI is InChI=1S/C29H46O2/c1-19(2)8-7-9-20(3)25-12-13-26-24-11-10-22-18-23(31-21(4)30)14-16-28(22,5)27(24)15-17-29(25,26)6/h10-11,19-20,23,25-27H,7-9,12-18H2,1-6H3/t20?,23?,25?,26?,27?,28-,29+/m0/s1. The summed E-state index contributed by atoms with van der Waals surface area (Å²) >= 11 is 0. The van der Waals surface area contributed by atoms with Crippen LogP contribution in [0.2, 0.25) is 0 Å². The lowest BCUT2D eigenvalue weighted by Gasteiger charge is -2.55. The second kappa shape index (κ2) is 8.71. The molecule has 0 heterocycles. The van der Waals surface area contributed by atoms with Crippen molar-refractivity contribution in [3.63, 3.8) is 0 Å². The summed E-state index contributed by atoms with van der Waals surface area (Å²) in [5.74, 6) is 3.94. The van der Waals surface area contributed by atoms with E-state index >= 15 is 0 Å². The van der Waals surface area contributed by atoms with E-state index in [1.54, 1.807) is 18.1 Å². The van der Waals surface area contributed by atoms with Gasteiger partial charge in [0.15, 0.2) is 0 Å². The van der Waals surface area contributed by atoms with E-state index in [1.807, 2.05) is 0 Å². The van der Waals surface area contributed by atoms with E-state index in [-0.39, 0.29) is 17.5 Å². The summed E-state index contributed by atoms with van der Waals surface area (Å²) in [6, 6.07) is 0. The number of hydrogen-bond donors (Lipinski definition) is 0. The fraction of sp³-hybridized carbons (Fsp3) is 0.828. The molecule has 3 fully saturated rings. The number of rotatable bonds is 6. The Morgan fingerprint density at radius 3 is 2.52 bits per heavy atom. The quantitative estimate of drug-likeness (QED) is 0.404. The fourth-order valence-electron chi connectivity index (χ4n) is 8.33. The number of carbonyl (C=O) groups excluding carboxylic acids is 1. The maximum Gasteiger partial charge on any atom is 0.302 e. The first kappa shape index (κ1) is 23.1. The second-order valence-electron chi connectivity index (χ2n) is 12.4. The van der Waals surface area contributed by atoms with Crippen molar-refractivity contribution in [1.29, 1.82) is 0 Å². The van der Waals surface area contributed by atoms with Crippen LogP contribution in [0.4, 0.5) is 0 Å². The van der Waals surface area contributed by atoms with Crippen LogP contribution < -0.4 is 0 Å². The van der Waals surface area contributed by atoms with Crippen LogP contribution in [0.15, 0.2) is 23.3 Å². The molecule has 0 aromatic carbocycles. The molecule has 0 radical (unpaired) electrons. The third-order valence-corrected chi connectivity index (χ3v) is 10.1. The van der Waals surface area contributed by atoms with Gasteiger partial charge in [0.05, 0.1) is 0 Å². The lowest BCUT2D eigenvalue weighted by molar-refractivity contribution is -0.148. The summed E-state index contributed by atoms with van der Waals surface area (Å²) in [6.07, 6.45) is 17.9. The summed E-state index contributed by atoms with van der Waals surface area (Å²) in [5, 5.41) is 0. The predicted molar refractivity (Wildman–Crippen MR) is 129 cm³/mol. The maximum atomic E-state index is 11.5. The largest absolute Gasteiger partial charge is 0.462 e. The van der Waals surface area contributed by atoms with Crippen molar-refractivity contribution < 1.29 is 9.53 Å². The van der Waals surface area contributed by atoms with Gasteiger partial charge < -0.3 is 4.74 Å². The molecule has 0 saturated heterocycles. The van der Waals surface area contributed by atoms with Gasteiger partial charge >= 0.3 is 5.97 Å². The summed E-state index contributed by atoms with van der Waals surface area (Å²) in [4.78, 5) is 11.5. The average molecular weight is 427 g/mol. The Kier molecular flexibility index (Phi) is 6.50. The van der Waals surface area contributed by atoms with Crippen LogP contribution in [0, 0.1) is 40.4 Å². The Morgan fingerprint density at radius 1 is 1.03 bits per heavy atom. The van der Waals surface area contributed by atoms with Crippen molar-refractivity contribution in [1.82, 2.24) is 0 Å². The minimum Gasteiger partial charge on any atom is -0.462 e. The molecule has 0 spiro atoms. The molecule has 4 rings (SSSR count). The summed E-state index contributed by atoms with van der Waals surface area (Å²) in [7, 11) is 0. The Bertz CT molecular complexity index is 746. The molecule has 0 amide bonds. The molecule has 0 aromatic heterocycles. The Balaban J connectivity index is 1.51. The van der Waals surface area contributed by atoms with Gasteiger partial charge in [-0.2, -0.15) is 0 Å². The minimum atomic E-state index is -0.130. The van der Waals surface area contributed by atoms with Gasteiger partial charge in [-0.3, -0.25) is 4.79 Å². The molecule has 5 unspecified atom stereocenters. The van der Waals surface area contributed by atoms with Gasteiger partial charge in [-0.15, -0.1) is 0 Å². The van der Waals surface area contributed by atoms with Gasteiger partial charge in [-0.1, -0.05) is 77.2 Å². The van der Waals surface area contributed by atoms with Gasteiger partial charge in [0, 0.05) is 13.3 Å². The number of hydrogen-bond acceptors (Lipinski definition) is 2. The van der Waals surface area contributed by atoms with Gasteiger partial charge in [0.1, 0.15) is 6.10 Å². The van der Waals surface area contributed by atoms with Crippen LogP contribution in [0.3, 0.4) is 0 Å². The summed E-state index contributed by atoms with van der Waals surface area (Å²) < 4.78 is 5.59. The topological polar surface area (TPSA) is 26.3 Å². The zero-order chi connectivity index (χ0) is 22.4. The predicted octanol–water partition coefficient (Wildman–Crippen LogP) is 7.88. The van der Waals surface area contributed by atoms with E-state index in [1.165, 1.54) is 44.9 Å². The molecule has 0 aromatic rings. The second-order valence-corrected chi connectivity index (χ2v) is 12.4. The van der Waals surface area contributed by atoms with Crippen LogP contribution in [-0.4, -0.2) is 12.1 Å². The minimum absolute atomic E-state index is 0.0863. The van der Waals surface area contributed by atoms with E-state index in [4.69, 9.17) is 4.74 Å². The number of carbonyl (C=O) groups is 1. The van der Waals surface area contributed by atoms with Crippen molar-refractivity contribution in [2.75, 3.05) is 0 Å². The van der Waals surface area contributed by atoms with Gasteiger partial charge in [0.25, 0.3) is 0 Å². The van der Waals surface area contributed by atoms with Gasteiger partial charge in [-0.05, 0) is 78.9 Å². The number of allylic oxidation sites excluding steroid dienone is 3.